The predicted octanol–water partition coefficient (Wildman–Crippen LogP) is 3.38. The van der Waals surface area contributed by atoms with Gasteiger partial charge in [0.25, 0.3) is 0 Å². The van der Waals surface area contributed by atoms with E-state index >= 15 is 0 Å². The van der Waals surface area contributed by atoms with Crippen LogP contribution in [0.3, 0.4) is 0 Å². The summed E-state index contributed by atoms with van der Waals surface area (Å²) < 4.78 is 5.34. The number of aromatic nitrogens is 3. The summed E-state index contributed by atoms with van der Waals surface area (Å²) in [6.07, 6.45) is 4.99. The molecule has 3 aromatic rings. The van der Waals surface area contributed by atoms with Gasteiger partial charge < -0.3 is 4.57 Å². The molecule has 1 aromatic carbocycles. The standard InChI is InChI=1S/C14H14BrN3/c1-17-13(4-7-16-17)6-9-18-8-5-11-2-3-12(15)10-14(11)18/h2-5,7-8,10H,6,9H2,1H3. The minimum atomic E-state index is 0.972. The molecule has 3 rings (SSSR count). The molecule has 2 heterocycles. The van der Waals surface area contributed by atoms with Gasteiger partial charge in [-0.05, 0) is 29.7 Å². The van der Waals surface area contributed by atoms with Crippen molar-refractivity contribution in [1.82, 2.24) is 14.3 Å². The number of nitrogens with zero attached hydrogens (tertiary/aromatic N) is 3. The fourth-order valence-corrected chi connectivity index (χ4v) is 2.58. The summed E-state index contributed by atoms with van der Waals surface area (Å²) >= 11 is 3.53. The molecule has 0 saturated heterocycles. The minimum absolute atomic E-state index is 0.972. The van der Waals surface area contributed by atoms with E-state index in [1.54, 1.807) is 0 Å². The highest BCUT2D eigenvalue weighted by molar-refractivity contribution is 9.10. The molecule has 0 fully saturated rings. The lowest BCUT2D eigenvalue weighted by Gasteiger charge is -2.06. The van der Waals surface area contributed by atoms with Crippen molar-refractivity contribution in [2.45, 2.75) is 13.0 Å². The van der Waals surface area contributed by atoms with Crippen LogP contribution in [0.15, 0.2) is 47.2 Å². The maximum Gasteiger partial charge on any atom is 0.0492 e. The third-order valence-corrected chi connectivity index (χ3v) is 3.76. The molecule has 0 saturated carbocycles. The van der Waals surface area contributed by atoms with Gasteiger partial charge >= 0.3 is 0 Å². The summed E-state index contributed by atoms with van der Waals surface area (Å²) in [6, 6.07) is 10.6. The number of fused-ring (bicyclic) bond motifs is 1. The summed E-state index contributed by atoms with van der Waals surface area (Å²) in [5.74, 6) is 0. The Morgan fingerprint density at radius 2 is 2.11 bits per heavy atom. The Balaban J connectivity index is 1.87. The van der Waals surface area contributed by atoms with Crippen LogP contribution in [0.5, 0.6) is 0 Å². The fraction of sp³-hybridized carbons (Fsp3) is 0.214. The number of hydrogen-bond donors (Lipinski definition) is 0. The molecule has 0 amide bonds. The third kappa shape index (κ3) is 2.08. The summed E-state index contributed by atoms with van der Waals surface area (Å²) in [6.45, 7) is 0.972. The average molecular weight is 304 g/mol. The molecule has 0 aliphatic carbocycles. The molecule has 0 aliphatic rings. The second-order valence-electron chi connectivity index (χ2n) is 4.41. The number of aryl methyl sites for hydroxylation is 3. The predicted molar refractivity (Wildman–Crippen MR) is 76.6 cm³/mol. The van der Waals surface area contributed by atoms with Crippen LogP contribution in [0.25, 0.3) is 10.9 Å². The van der Waals surface area contributed by atoms with Gasteiger partial charge in [-0.1, -0.05) is 22.0 Å². The van der Waals surface area contributed by atoms with E-state index in [4.69, 9.17) is 0 Å². The van der Waals surface area contributed by atoms with Gasteiger partial charge in [0.15, 0.2) is 0 Å². The molecule has 0 unspecified atom stereocenters. The van der Waals surface area contributed by atoms with Crippen molar-refractivity contribution in [3.8, 4) is 0 Å². The highest BCUT2D eigenvalue weighted by Crippen LogP contribution is 2.21. The highest BCUT2D eigenvalue weighted by Gasteiger charge is 2.03. The molecular formula is C14H14BrN3. The van der Waals surface area contributed by atoms with E-state index < -0.39 is 0 Å². The highest BCUT2D eigenvalue weighted by atomic mass is 79.9. The summed E-state index contributed by atoms with van der Waals surface area (Å²) in [5.41, 5.74) is 2.53. The van der Waals surface area contributed by atoms with Gasteiger partial charge in [-0.3, -0.25) is 4.68 Å². The van der Waals surface area contributed by atoms with Gasteiger partial charge in [0.05, 0.1) is 0 Å². The molecule has 18 heavy (non-hydrogen) atoms. The summed E-state index contributed by atoms with van der Waals surface area (Å²) in [5, 5.41) is 5.47. The third-order valence-electron chi connectivity index (χ3n) is 3.27. The molecular weight excluding hydrogens is 290 g/mol. The maximum atomic E-state index is 4.19. The molecule has 3 nitrogen and oxygen atoms in total. The molecule has 0 radical (unpaired) electrons. The summed E-state index contributed by atoms with van der Waals surface area (Å²) in [7, 11) is 1.99. The molecule has 0 aliphatic heterocycles. The molecule has 92 valence electrons. The van der Waals surface area contributed by atoms with E-state index in [-0.39, 0.29) is 0 Å². The number of halogens is 1. The Hall–Kier alpha value is -1.55. The largest absolute Gasteiger partial charge is 0.347 e. The Morgan fingerprint density at radius 1 is 1.22 bits per heavy atom. The van der Waals surface area contributed by atoms with Crippen LogP contribution in [0.2, 0.25) is 0 Å². The Morgan fingerprint density at radius 3 is 2.89 bits per heavy atom. The van der Waals surface area contributed by atoms with E-state index in [0.29, 0.717) is 0 Å². The van der Waals surface area contributed by atoms with Crippen molar-refractivity contribution < 1.29 is 0 Å². The molecule has 0 bridgehead atoms. The zero-order chi connectivity index (χ0) is 12.5. The van der Waals surface area contributed by atoms with Crippen LogP contribution in [-0.4, -0.2) is 14.3 Å². The van der Waals surface area contributed by atoms with Crippen LogP contribution in [-0.2, 0) is 20.0 Å². The fourth-order valence-electron chi connectivity index (χ4n) is 2.23. The second kappa shape index (κ2) is 4.61. The van der Waals surface area contributed by atoms with Crippen LogP contribution in [0, 0.1) is 0 Å². The van der Waals surface area contributed by atoms with Crippen molar-refractivity contribution in [3.05, 3.63) is 52.9 Å². The van der Waals surface area contributed by atoms with E-state index in [2.05, 4.69) is 62.1 Å². The Labute approximate surface area is 114 Å². The van der Waals surface area contributed by atoms with Crippen LogP contribution in [0.4, 0.5) is 0 Å². The number of benzene rings is 1. The van der Waals surface area contributed by atoms with Crippen LogP contribution < -0.4 is 0 Å². The van der Waals surface area contributed by atoms with Gasteiger partial charge in [-0.2, -0.15) is 5.10 Å². The average Bonchev–Trinajstić information content (AvgIpc) is 2.93. The lowest BCUT2D eigenvalue weighted by atomic mass is 10.2. The van der Waals surface area contributed by atoms with Crippen molar-refractivity contribution in [1.29, 1.82) is 0 Å². The smallest absolute Gasteiger partial charge is 0.0492 e. The minimum Gasteiger partial charge on any atom is -0.347 e. The van der Waals surface area contributed by atoms with Gasteiger partial charge in [0.1, 0.15) is 0 Å². The number of hydrogen-bond acceptors (Lipinski definition) is 1. The molecule has 0 N–H and O–H groups in total. The first kappa shape index (κ1) is 11.5. The quantitative estimate of drug-likeness (QED) is 0.727. The van der Waals surface area contributed by atoms with E-state index in [1.165, 1.54) is 16.6 Å². The lowest BCUT2D eigenvalue weighted by Crippen LogP contribution is -2.04. The zero-order valence-corrected chi connectivity index (χ0v) is 11.8. The monoisotopic (exact) mass is 303 g/mol. The lowest BCUT2D eigenvalue weighted by molar-refractivity contribution is 0.649. The first-order chi connectivity index (χ1) is 8.74. The molecule has 0 atom stereocenters. The Kier molecular flexibility index (Phi) is 2.96. The van der Waals surface area contributed by atoms with Crippen LogP contribution >= 0.6 is 15.9 Å². The van der Waals surface area contributed by atoms with Gasteiger partial charge in [-0.25, -0.2) is 0 Å². The summed E-state index contributed by atoms with van der Waals surface area (Å²) in [4.78, 5) is 0. The van der Waals surface area contributed by atoms with Crippen molar-refractivity contribution in [3.63, 3.8) is 0 Å². The van der Waals surface area contributed by atoms with E-state index in [0.717, 1.165) is 17.4 Å². The second-order valence-corrected chi connectivity index (χ2v) is 5.32. The van der Waals surface area contributed by atoms with Crippen molar-refractivity contribution >= 4 is 26.8 Å². The van der Waals surface area contributed by atoms with E-state index in [9.17, 15) is 0 Å². The topological polar surface area (TPSA) is 22.8 Å². The zero-order valence-electron chi connectivity index (χ0n) is 10.2. The van der Waals surface area contributed by atoms with Gasteiger partial charge in [0.2, 0.25) is 0 Å². The van der Waals surface area contributed by atoms with Gasteiger partial charge in [0, 0.05) is 48.1 Å². The van der Waals surface area contributed by atoms with Crippen LogP contribution in [0.1, 0.15) is 5.69 Å². The molecule has 4 heteroatoms. The van der Waals surface area contributed by atoms with Gasteiger partial charge in [-0.15, -0.1) is 0 Å². The maximum absolute atomic E-state index is 4.19. The Bertz CT molecular complexity index is 681. The van der Waals surface area contributed by atoms with Crippen molar-refractivity contribution in [2.75, 3.05) is 0 Å². The first-order valence-electron chi connectivity index (χ1n) is 5.95. The SMILES string of the molecule is Cn1nccc1CCn1ccc2ccc(Br)cc21. The first-order valence-corrected chi connectivity index (χ1v) is 6.74. The molecule has 0 spiro atoms. The van der Waals surface area contributed by atoms with E-state index in [1.807, 2.05) is 17.9 Å². The molecule has 2 aromatic heterocycles. The van der Waals surface area contributed by atoms with Crippen molar-refractivity contribution in [2.24, 2.45) is 7.05 Å². The normalized spacial score (nSPS) is 11.2. The number of rotatable bonds is 3.